The summed E-state index contributed by atoms with van der Waals surface area (Å²) in [5.41, 5.74) is 9.50. The van der Waals surface area contributed by atoms with Crippen LogP contribution < -0.4 is 11.5 Å². The van der Waals surface area contributed by atoms with E-state index < -0.39 is 17.6 Å². The average molecular weight is 349 g/mol. The van der Waals surface area contributed by atoms with Gasteiger partial charge in [0.05, 0.1) is 21.3 Å². The van der Waals surface area contributed by atoms with Gasteiger partial charge in [-0.3, -0.25) is 4.79 Å². The average Bonchev–Trinajstić information content (AvgIpc) is 2.67. The lowest BCUT2D eigenvalue weighted by Gasteiger charge is -2.11. The summed E-state index contributed by atoms with van der Waals surface area (Å²) in [7, 11) is 0. The number of aromatic nitrogens is 2. The number of nitrogens with two attached hydrogens (primary N) is 2. The van der Waals surface area contributed by atoms with Crippen molar-refractivity contribution in [2.24, 2.45) is 5.73 Å². The molecular formula is C11H8BrF3N4O. The molecule has 106 valence electrons. The number of primary amides is 1. The quantitative estimate of drug-likeness (QED) is 0.873. The van der Waals surface area contributed by atoms with Crippen molar-refractivity contribution in [3.05, 3.63) is 40.0 Å². The van der Waals surface area contributed by atoms with E-state index in [1.165, 1.54) is 10.9 Å². The Hall–Kier alpha value is -2.03. The molecule has 5 nitrogen and oxygen atoms in total. The predicted octanol–water partition coefficient (Wildman–Crippen LogP) is 2.33. The summed E-state index contributed by atoms with van der Waals surface area (Å²) < 4.78 is 39.5. The van der Waals surface area contributed by atoms with Gasteiger partial charge in [0.2, 0.25) is 0 Å². The Morgan fingerprint density at radius 2 is 2.00 bits per heavy atom. The van der Waals surface area contributed by atoms with Crippen molar-refractivity contribution in [2.45, 2.75) is 6.18 Å². The molecule has 4 N–H and O–H groups in total. The Morgan fingerprint density at radius 1 is 1.35 bits per heavy atom. The Kier molecular flexibility index (Phi) is 3.46. The maximum Gasteiger partial charge on any atom is 0.416 e. The summed E-state index contributed by atoms with van der Waals surface area (Å²) >= 11 is 3.12. The molecule has 1 amide bonds. The van der Waals surface area contributed by atoms with Gasteiger partial charge < -0.3 is 11.5 Å². The number of hydrogen-bond acceptors (Lipinski definition) is 3. The fourth-order valence-electron chi connectivity index (χ4n) is 1.60. The third-order valence-electron chi connectivity index (χ3n) is 2.53. The largest absolute Gasteiger partial charge is 0.416 e. The summed E-state index contributed by atoms with van der Waals surface area (Å²) in [5.74, 6) is -0.850. The maximum absolute atomic E-state index is 12.6. The highest BCUT2D eigenvalue weighted by molar-refractivity contribution is 9.10. The standard InChI is InChI=1S/C11H8BrF3N4O/c12-7-4-19(18-9(7)16)8-2-1-5(11(13,14)15)3-6(8)10(17)20/h1-4H,(H2,16,18)(H2,17,20). The minimum Gasteiger partial charge on any atom is -0.381 e. The zero-order valence-corrected chi connectivity index (χ0v) is 11.4. The molecule has 0 aliphatic carbocycles. The maximum atomic E-state index is 12.6. The first-order valence-electron chi connectivity index (χ1n) is 5.22. The van der Waals surface area contributed by atoms with Gasteiger partial charge in [-0.25, -0.2) is 4.68 Å². The fraction of sp³-hybridized carbons (Fsp3) is 0.0909. The second kappa shape index (κ2) is 4.82. The molecule has 0 fully saturated rings. The van der Waals surface area contributed by atoms with Gasteiger partial charge in [-0.15, -0.1) is 5.10 Å². The van der Waals surface area contributed by atoms with E-state index >= 15 is 0 Å². The molecule has 0 atom stereocenters. The molecule has 2 aromatic rings. The smallest absolute Gasteiger partial charge is 0.381 e. The van der Waals surface area contributed by atoms with Crippen LogP contribution in [-0.2, 0) is 6.18 Å². The molecule has 0 spiro atoms. The first kappa shape index (κ1) is 14.4. The normalized spacial score (nSPS) is 11.6. The molecule has 1 heterocycles. The van der Waals surface area contributed by atoms with Gasteiger partial charge in [-0.05, 0) is 34.1 Å². The molecule has 20 heavy (non-hydrogen) atoms. The third kappa shape index (κ3) is 2.62. The van der Waals surface area contributed by atoms with Crippen molar-refractivity contribution >= 4 is 27.7 Å². The lowest BCUT2D eigenvalue weighted by molar-refractivity contribution is -0.137. The number of anilines is 1. The number of rotatable bonds is 2. The highest BCUT2D eigenvalue weighted by atomic mass is 79.9. The van der Waals surface area contributed by atoms with Crippen LogP contribution in [0.2, 0.25) is 0 Å². The minimum atomic E-state index is -4.56. The number of carbonyl (C=O) groups is 1. The van der Waals surface area contributed by atoms with Gasteiger partial charge in [-0.1, -0.05) is 0 Å². The van der Waals surface area contributed by atoms with Gasteiger partial charge in [0.15, 0.2) is 5.82 Å². The highest BCUT2D eigenvalue weighted by Gasteiger charge is 2.31. The third-order valence-corrected chi connectivity index (χ3v) is 3.14. The Bertz CT molecular complexity index is 661. The van der Waals surface area contributed by atoms with Gasteiger partial charge in [0.1, 0.15) is 0 Å². The monoisotopic (exact) mass is 348 g/mol. The summed E-state index contributed by atoms with van der Waals surface area (Å²) in [6.07, 6.45) is -3.14. The zero-order chi connectivity index (χ0) is 15.1. The molecule has 0 radical (unpaired) electrons. The Labute approximate surface area is 119 Å². The molecule has 0 bridgehead atoms. The minimum absolute atomic E-state index is 0.114. The van der Waals surface area contributed by atoms with Crippen molar-refractivity contribution in [3.8, 4) is 5.69 Å². The van der Waals surface area contributed by atoms with Crippen LogP contribution in [0.25, 0.3) is 5.69 Å². The van der Waals surface area contributed by atoms with E-state index in [1.807, 2.05) is 0 Å². The molecule has 2 rings (SSSR count). The number of nitrogen functional groups attached to an aromatic ring is 1. The van der Waals surface area contributed by atoms with Gasteiger partial charge in [0, 0.05) is 6.20 Å². The molecule has 0 aliphatic rings. The van der Waals surface area contributed by atoms with Crippen molar-refractivity contribution in [1.29, 1.82) is 0 Å². The van der Waals surface area contributed by atoms with Gasteiger partial charge in [-0.2, -0.15) is 13.2 Å². The van der Waals surface area contributed by atoms with Crippen molar-refractivity contribution < 1.29 is 18.0 Å². The van der Waals surface area contributed by atoms with E-state index in [0.717, 1.165) is 12.1 Å². The van der Waals surface area contributed by atoms with Gasteiger partial charge >= 0.3 is 6.18 Å². The van der Waals surface area contributed by atoms with E-state index in [-0.39, 0.29) is 17.1 Å². The molecule has 0 saturated heterocycles. The number of hydrogen-bond donors (Lipinski definition) is 2. The Morgan fingerprint density at radius 3 is 2.45 bits per heavy atom. The van der Waals surface area contributed by atoms with Crippen LogP contribution in [0, 0.1) is 0 Å². The molecule has 1 aromatic carbocycles. The molecule has 1 aromatic heterocycles. The van der Waals surface area contributed by atoms with E-state index in [1.54, 1.807) is 0 Å². The number of nitrogens with zero attached hydrogens (tertiary/aromatic N) is 2. The van der Waals surface area contributed by atoms with Crippen LogP contribution >= 0.6 is 15.9 Å². The van der Waals surface area contributed by atoms with Crippen molar-refractivity contribution in [3.63, 3.8) is 0 Å². The van der Waals surface area contributed by atoms with Gasteiger partial charge in [0.25, 0.3) is 5.91 Å². The van der Waals surface area contributed by atoms with Crippen LogP contribution in [0.4, 0.5) is 19.0 Å². The van der Waals surface area contributed by atoms with E-state index in [2.05, 4.69) is 21.0 Å². The summed E-state index contributed by atoms with van der Waals surface area (Å²) in [5, 5.41) is 3.87. The molecule has 0 aliphatic heterocycles. The van der Waals surface area contributed by atoms with Crippen molar-refractivity contribution in [2.75, 3.05) is 5.73 Å². The molecule has 0 unspecified atom stereocenters. The number of benzene rings is 1. The summed E-state index contributed by atoms with van der Waals surface area (Å²) in [6.45, 7) is 0. The molecule has 9 heteroatoms. The van der Waals surface area contributed by atoms with Crippen LogP contribution in [-0.4, -0.2) is 15.7 Å². The van der Waals surface area contributed by atoms with E-state index in [9.17, 15) is 18.0 Å². The SMILES string of the molecule is NC(=O)c1cc(C(F)(F)F)ccc1-n1cc(Br)c(N)n1. The van der Waals surface area contributed by atoms with Crippen LogP contribution in [0.5, 0.6) is 0 Å². The Balaban J connectivity index is 2.62. The fourth-order valence-corrected chi connectivity index (χ4v) is 1.87. The number of amides is 1. The van der Waals surface area contributed by atoms with Crippen LogP contribution in [0.3, 0.4) is 0 Å². The van der Waals surface area contributed by atoms with Crippen molar-refractivity contribution in [1.82, 2.24) is 9.78 Å². The lowest BCUT2D eigenvalue weighted by Crippen LogP contribution is -2.17. The topological polar surface area (TPSA) is 86.9 Å². The summed E-state index contributed by atoms with van der Waals surface area (Å²) in [6, 6.07) is 2.64. The predicted molar refractivity (Wildman–Crippen MR) is 69.2 cm³/mol. The second-order valence-corrected chi connectivity index (χ2v) is 4.76. The highest BCUT2D eigenvalue weighted by Crippen LogP contribution is 2.31. The number of alkyl halides is 3. The van der Waals surface area contributed by atoms with E-state index in [0.29, 0.717) is 10.5 Å². The van der Waals surface area contributed by atoms with E-state index in [4.69, 9.17) is 11.5 Å². The zero-order valence-electron chi connectivity index (χ0n) is 9.78. The van der Waals surface area contributed by atoms with Crippen LogP contribution in [0.15, 0.2) is 28.9 Å². The number of carbonyl (C=O) groups excluding carboxylic acids is 1. The number of halogens is 4. The molecular weight excluding hydrogens is 341 g/mol. The second-order valence-electron chi connectivity index (χ2n) is 3.90. The first-order valence-corrected chi connectivity index (χ1v) is 6.01. The van der Waals surface area contributed by atoms with Crippen LogP contribution in [0.1, 0.15) is 15.9 Å². The molecule has 0 saturated carbocycles. The lowest BCUT2D eigenvalue weighted by atomic mass is 10.1. The first-order chi connectivity index (χ1) is 9.20. The summed E-state index contributed by atoms with van der Waals surface area (Å²) in [4.78, 5) is 11.3.